The molecule has 1 N–H and O–H groups in total. The number of likely N-dealkylation sites (tertiary alicyclic amines) is 1. The normalized spacial score (nSPS) is 15.6. The molecule has 2 heterocycles. The summed E-state index contributed by atoms with van der Waals surface area (Å²) >= 11 is 7.62. The molecule has 0 spiro atoms. The second kappa shape index (κ2) is 12.4. The third-order valence-corrected chi connectivity index (χ3v) is 9.63. The number of hydrogen-bond acceptors (Lipinski definition) is 9. The lowest BCUT2D eigenvalue weighted by molar-refractivity contribution is 0.328. The van der Waals surface area contributed by atoms with E-state index in [1.807, 2.05) is 6.07 Å². The maximum Gasteiger partial charge on any atom is 0.266 e. The molecule has 210 valence electrons. The number of halogens is 1. The lowest BCUT2D eigenvalue weighted by Crippen LogP contribution is -2.31. The van der Waals surface area contributed by atoms with Gasteiger partial charge in [-0.25, -0.2) is 17.7 Å². The van der Waals surface area contributed by atoms with Crippen molar-refractivity contribution >= 4 is 44.0 Å². The molecule has 0 radical (unpaired) electrons. The molecule has 1 fully saturated rings. The van der Waals surface area contributed by atoms with Crippen molar-refractivity contribution in [3.8, 4) is 11.5 Å². The van der Waals surface area contributed by atoms with Crippen LogP contribution in [0.15, 0.2) is 78.0 Å². The van der Waals surface area contributed by atoms with Gasteiger partial charge in [0, 0.05) is 48.8 Å². The lowest BCUT2D eigenvalue weighted by Gasteiger charge is -2.23. The molecule has 40 heavy (non-hydrogen) atoms. The van der Waals surface area contributed by atoms with Crippen LogP contribution in [-0.4, -0.2) is 56.0 Å². The van der Waals surface area contributed by atoms with E-state index in [1.54, 1.807) is 37.4 Å². The van der Waals surface area contributed by atoms with Gasteiger partial charge in [0.05, 0.1) is 36.4 Å². The van der Waals surface area contributed by atoms with E-state index < -0.39 is 10.0 Å². The van der Waals surface area contributed by atoms with Gasteiger partial charge in [-0.15, -0.1) is 0 Å². The molecule has 0 aliphatic carbocycles. The number of benzene rings is 3. The zero-order chi connectivity index (χ0) is 28.1. The van der Waals surface area contributed by atoms with Crippen molar-refractivity contribution in [3.63, 3.8) is 0 Å². The number of sulfonamides is 1. The molecule has 0 unspecified atom stereocenters. The van der Waals surface area contributed by atoms with Crippen LogP contribution in [-0.2, 0) is 23.1 Å². The van der Waals surface area contributed by atoms with Crippen LogP contribution in [0.1, 0.15) is 17.5 Å². The van der Waals surface area contributed by atoms with E-state index in [0.29, 0.717) is 27.8 Å². The molecule has 1 saturated heterocycles. The van der Waals surface area contributed by atoms with Crippen molar-refractivity contribution < 1.29 is 17.9 Å². The lowest BCUT2D eigenvalue weighted by atomic mass is 10.2. The highest BCUT2D eigenvalue weighted by Gasteiger charge is 2.30. The first kappa shape index (κ1) is 28.2. The largest absolute Gasteiger partial charge is 0.497 e. The predicted octanol–water partition coefficient (Wildman–Crippen LogP) is 5.29. The highest BCUT2D eigenvalue weighted by Crippen LogP contribution is 2.34. The average molecular weight is 600 g/mol. The Morgan fingerprint density at radius 2 is 1.93 bits per heavy atom. The highest BCUT2D eigenvalue weighted by atomic mass is 35.5. The Bertz CT molecular complexity index is 1540. The van der Waals surface area contributed by atoms with Crippen molar-refractivity contribution in [3.05, 3.63) is 89.2 Å². The Hall–Kier alpha value is -3.38. The van der Waals surface area contributed by atoms with Gasteiger partial charge in [-0.1, -0.05) is 41.9 Å². The zero-order valence-electron chi connectivity index (χ0n) is 22.2. The second-order valence-electron chi connectivity index (χ2n) is 9.41. The maximum absolute atomic E-state index is 13.9. The summed E-state index contributed by atoms with van der Waals surface area (Å²) in [6.07, 6.45) is 2.30. The van der Waals surface area contributed by atoms with E-state index >= 15 is 0 Å². The SMILES string of the molecule is COc1ccc(CN(c2ncns2)S(=O)(=O)c2ccc(N[C@@H]3CCN(Cc4ccccc4)C3)c(Cl)c2)c(OC)c1. The van der Waals surface area contributed by atoms with Crippen LogP contribution in [0.4, 0.5) is 10.8 Å². The van der Waals surface area contributed by atoms with Crippen molar-refractivity contribution in [2.75, 3.05) is 36.9 Å². The molecule has 3 aromatic carbocycles. The first-order valence-electron chi connectivity index (χ1n) is 12.7. The fraction of sp³-hybridized carbons (Fsp3) is 0.286. The van der Waals surface area contributed by atoms with Crippen molar-refractivity contribution in [1.82, 2.24) is 14.3 Å². The van der Waals surface area contributed by atoms with Crippen LogP contribution in [0, 0.1) is 0 Å². The third kappa shape index (κ3) is 6.33. The number of nitrogens with zero attached hydrogens (tertiary/aromatic N) is 4. The molecular formula is C28H30ClN5O4S2. The summed E-state index contributed by atoms with van der Waals surface area (Å²) in [5.74, 6) is 1.10. The van der Waals surface area contributed by atoms with E-state index in [1.165, 1.54) is 29.4 Å². The number of nitrogens with one attached hydrogen (secondary N) is 1. The Kier molecular flexibility index (Phi) is 8.75. The molecular weight excluding hydrogens is 570 g/mol. The van der Waals surface area contributed by atoms with E-state index in [9.17, 15) is 8.42 Å². The second-order valence-corrected chi connectivity index (χ2v) is 12.4. The number of aromatic nitrogens is 2. The smallest absolute Gasteiger partial charge is 0.266 e. The Labute approximate surface area is 243 Å². The molecule has 0 bridgehead atoms. The van der Waals surface area contributed by atoms with Crippen molar-refractivity contribution in [2.24, 2.45) is 0 Å². The van der Waals surface area contributed by atoms with Gasteiger partial charge in [0.1, 0.15) is 17.8 Å². The third-order valence-electron chi connectivity index (χ3n) is 6.78. The van der Waals surface area contributed by atoms with Crippen LogP contribution in [0.3, 0.4) is 0 Å². The summed E-state index contributed by atoms with van der Waals surface area (Å²) in [7, 11) is -0.954. The molecule has 5 rings (SSSR count). The van der Waals surface area contributed by atoms with E-state index in [-0.39, 0.29) is 22.6 Å². The molecule has 4 aromatic rings. The molecule has 1 atom stereocenters. The summed E-state index contributed by atoms with van der Waals surface area (Å²) in [6, 6.07) is 20.6. The van der Waals surface area contributed by atoms with Gasteiger partial charge in [0.15, 0.2) is 0 Å². The van der Waals surface area contributed by atoms with Crippen LogP contribution < -0.4 is 19.1 Å². The average Bonchev–Trinajstić information content (AvgIpc) is 3.65. The number of rotatable bonds is 11. The first-order valence-corrected chi connectivity index (χ1v) is 15.3. The molecule has 9 nitrogen and oxygen atoms in total. The molecule has 0 amide bonds. The summed E-state index contributed by atoms with van der Waals surface area (Å²) in [5.41, 5.74) is 2.63. The summed E-state index contributed by atoms with van der Waals surface area (Å²) < 4.78 is 43.8. The van der Waals surface area contributed by atoms with Crippen LogP contribution >= 0.6 is 23.1 Å². The fourth-order valence-corrected chi connectivity index (χ4v) is 7.18. The number of anilines is 2. The van der Waals surface area contributed by atoms with Crippen LogP contribution in [0.25, 0.3) is 0 Å². The summed E-state index contributed by atoms with van der Waals surface area (Å²) in [6.45, 7) is 2.73. The van der Waals surface area contributed by atoms with Gasteiger partial charge in [0.2, 0.25) is 5.13 Å². The van der Waals surface area contributed by atoms with Crippen LogP contribution in [0.2, 0.25) is 5.02 Å². The topological polar surface area (TPSA) is 96.9 Å². The summed E-state index contributed by atoms with van der Waals surface area (Å²) in [4.78, 5) is 6.63. The fourth-order valence-electron chi connectivity index (χ4n) is 4.73. The molecule has 1 aromatic heterocycles. The minimum Gasteiger partial charge on any atom is -0.497 e. The van der Waals surface area contributed by atoms with Gasteiger partial charge in [-0.3, -0.25) is 4.90 Å². The monoisotopic (exact) mass is 599 g/mol. The first-order chi connectivity index (χ1) is 19.4. The van der Waals surface area contributed by atoms with Crippen molar-refractivity contribution in [1.29, 1.82) is 0 Å². The van der Waals surface area contributed by atoms with Gasteiger partial charge < -0.3 is 14.8 Å². The van der Waals surface area contributed by atoms with Gasteiger partial charge in [0.25, 0.3) is 10.0 Å². The van der Waals surface area contributed by atoms with Crippen LogP contribution in [0.5, 0.6) is 11.5 Å². The van der Waals surface area contributed by atoms with Gasteiger partial charge in [-0.05, 0) is 42.3 Å². The quantitative estimate of drug-likeness (QED) is 0.248. The number of ether oxygens (including phenoxy) is 2. The molecule has 0 saturated carbocycles. The Balaban J connectivity index is 1.33. The maximum atomic E-state index is 13.9. The van der Waals surface area contributed by atoms with E-state index in [0.717, 1.165) is 37.6 Å². The predicted molar refractivity (Wildman–Crippen MR) is 158 cm³/mol. The Morgan fingerprint density at radius 3 is 2.62 bits per heavy atom. The highest BCUT2D eigenvalue weighted by molar-refractivity contribution is 7.93. The van der Waals surface area contributed by atoms with Gasteiger partial charge in [-0.2, -0.15) is 4.37 Å². The summed E-state index contributed by atoms with van der Waals surface area (Å²) in [5, 5.41) is 4.07. The minimum absolute atomic E-state index is 0.0123. The molecule has 12 heteroatoms. The minimum atomic E-state index is -4.04. The number of methoxy groups -OCH3 is 2. The van der Waals surface area contributed by atoms with Crippen molar-refractivity contribution in [2.45, 2.75) is 30.4 Å². The Morgan fingerprint density at radius 1 is 1.10 bits per heavy atom. The van der Waals surface area contributed by atoms with E-state index in [4.69, 9.17) is 21.1 Å². The van der Waals surface area contributed by atoms with Gasteiger partial charge >= 0.3 is 0 Å². The zero-order valence-corrected chi connectivity index (χ0v) is 24.5. The standard InChI is InChI=1S/C28H30ClN5O4S2/c1-37-23-9-8-21(27(14-23)38-2)17-34(28-30-19-31-39-28)40(35,36)24-10-11-26(25(29)15-24)32-22-12-13-33(18-22)16-20-6-4-3-5-7-20/h3-11,14-15,19,22,32H,12-13,16-18H2,1-2H3/t22-/m1/s1. The van der Waals surface area contributed by atoms with E-state index in [2.05, 4.69) is 43.8 Å². The number of hydrogen-bond donors (Lipinski definition) is 1. The molecule has 1 aliphatic heterocycles. The molecule has 1 aliphatic rings.